The van der Waals surface area contributed by atoms with E-state index < -0.39 is 5.97 Å². The number of rotatable bonds is 1. The number of carbonyl (C=O) groups excluding carboxylic acids is 3. The lowest BCUT2D eigenvalue weighted by Crippen LogP contribution is -1.92. The van der Waals surface area contributed by atoms with E-state index in [0.29, 0.717) is 0 Å². The second-order valence-electron chi connectivity index (χ2n) is 0.819. The Bertz CT molecular complexity index is 176. The van der Waals surface area contributed by atoms with E-state index in [9.17, 15) is 4.79 Å². The van der Waals surface area contributed by atoms with Crippen molar-refractivity contribution in [3.8, 4) is 0 Å². The topological polar surface area (TPSA) is 128 Å². The third kappa shape index (κ3) is 102. The number of hydrogen-bond acceptors (Lipinski definition) is 7. The highest BCUT2D eigenvalue weighted by molar-refractivity contribution is 5.80. The van der Waals surface area contributed by atoms with Crippen LogP contribution in [0.3, 0.4) is 0 Å². The fourth-order valence-corrected chi connectivity index (χ4v) is 0.0373. The number of carbonyl (C=O) groups is 1. The monoisotopic (exact) mass is 174 g/mol. The van der Waals surface area contributed by atoms with Crippen molar-refractivity contribution in [1.82, 2.24) is 0 Å². The molecule has 0 aromatic carbocycles. The molecule has 0 heterocycles. The first-order chi connectivity index (χ1) is 5.64. The van der Waals surface area contributed by atoms with Crippen molar-refractivity contribution >= 4 is 18.1 Å². The molecule has 66 valence electrons. The normalized spacial score (nSPS) is 4.75. The number of isocyanates is 2. The summed E-state index contributed by atoms with van der Waals surface area (Å²) in [4.78, 5) is 29.4. The largest absolute Gasteiger partial charge is 0.365 e. The summed E-state index contributed by atoms with van der Waals surface area (Å²) in [5, 5.41) is 18.2. The third-order valence-electron chi connectivity index (χ3n) is 0.257. The van der Waals surface area contributed by atoms with E-state index in [0.717, 1.165) is 18.2 Å². The first kappa shape index (κ1) is 16.5. The third-order valence-corrected chi connectivity index (χ3v) is 0.257. The van der Waals surface area contributed by atoms with Crippen LogP contribution in [0.25, 0.3) is 0 Å². The van der Waals surface area contributed by atoms with Gasteiger partial charge in [-0.1, -0.05) is 6.58 Å². The Labute approximate surface area is 67.2 Å². The highest BCUT2D eigenvalue weighted by Crippen LogP contribution is 1.67. The molecule has 0 spiro atoms. The Balaban J connectivity index is -0.000000115. The van der Waals surface area contributed by atoms with Crippen LogP contribution in [0.1, 0.15) is 0 Å². The van der Waals surface area contributed by atoms with Gasteiger partial charge in [0.1, 0.15) is 0 Å². The standard InChI is InChI=1S/C3H4O3.2CHNO/c1-2-3(4)6-5;2*2-1-3/h2,5H,1H2;2*2H. The Morgan fingerprint density at radius 1 is 1.42 bits per heavy atom. The second-order valence-corrected chi connectivity index (χ2v) is 0.819. The zero-order valence-corrected chi connectivity index (χ0v) is 5.86. The smallest absolute Gasteiger partial charge is 0.296 e. The first-order valence-electron chi connectivity index (χ1n) is 2.20. The summed E-state index contributed by atoms with van der Waals surface area (Å²) in [5.41, 5.74) is 0. The lowest BCUT2D eigenvalue weighted by Gasteiger charge is -1.78. The van der Waals surface area contributed by atoms with Gasteiger partial charge in [0.25, 0.3) is 0 Å². The van der Waals surface area contributed by atoms with Crippen LogP contribution in [-0.2, 0) is 19.3 Å². The van der Waals surface area contributed by atoms with E-state index in [1.165, 1.54) is 0 Å². The average Bonchev–Trinajstić information content (AvgIpc) is 2.06. The van der Waals surface area contributed by atoms with Gasteiger partial charge in [-0.2, -0.15) is 5.26 Å². The highest BCUT2D eigenvalue weighted by Gasteiger charge is 1.85. The number of nitrogens with one attached hydrogen (secondary N) is 2. The molecule has 12 heavy (non-hydrogen) atoms. The average molecular weight is 174 g/mol. The van der Waals surface area contributed by atoms with Crippen molar-refractivity contribution in [2.45, 2.75) is 0 Å². The van der Waals surface area contributed by atoms with Crippen LogP contribution < -0.4 is 0 Å². The summed E-state index contributed by atoms with van der Waals surface area (Å²) >= 11 is 0. The zero-order chi connectivity index (χ0) is 10.4. The zero-order valence-electron chi connectivity index (χ0n) is 5.86. The van der Waals surface area contributed by atoms with Crippen LogP contribution in [0, 0.1) is 10.8 Å². The molecule has 0 rings (SSSR count). The molecule has 7 nitrogen and oxygen atoms in total. The molecule has 0 aliphatic rings. The molecule has 7 heteroatoms. The molecule has 0 fully saturated rings. The van der Waals surface area contributed by atoms with Crippen molar-refractivity contribution < 1.29 is 24.5 Å². The van der Waals surface area contributed by atoms with Crippen LogP contribution in [0.4, 0.5) is 0 Å². The van der Waals surface area contributed by atoms with E-state index in [4.69, 9.17) is 25.7 Å². The lowest BCUT2D eigenvalue weighted by molar-refractivity contribution is -0.228. The molecule has 0 amide bonds. The summed E-state index contributed by atoms with van der Waals surface area (Å²) < 4.78 is 0. The molecule has 0 aromatic heterocycles. The van der Waals surface area contributed by atoms with Gasteiger partial charge in [0.15, 0.2) is 0 Å². The number of hydrogen-bond donors (Lipinski definition) is 3. The Morgan fingerprint density at radius 2 is 1.67 bits per heavy atom. The van der Waals surface area contributed by atoms with E-state index in [1.54, 1.807) is 0 Å². The van der Waals surface area contributed by atoms with Gasteiger partial charge in [-0.05, 0) is 0 Å². The van der Waals surface area contributed by atoms with Gasteiger partial charge in [0.2, 0.25) is 12.2 Å². The van der Waals surface area contributed by atoms with Crippen LogP contribution in [0.2, 0.25) is 0 Å². The molecule has 0 saturated heterocycles. The molecule has 0 aliphatic carbocycles. The van der Waals surface area contributed by atoms with Crippen LogP contribution >= 0.6 is 0 Å². The lowest BCUT2D eigenvalue weighted by atomic mass is 10.7. The highest BCUT2D eigenvalue weighted by atomic mass is 17.1. The summed E-state index contributed by atoms with van der Waals surface area (Å²) in [6, 6.07) is 0. The molecule has 0 aromatic rings. The maximum Gasteiger partial charge on any atom is 0.365 e. The van der Waals surface area contributed by atoms with Crippen molar-refractivity contribution in [3.63, 3.8) is 0 Å². The SMILES string of the molecule is C=CC(=O)OO.N=C=O.N=C=O. The minimum atomic E-state index is -0.838. The summed E-state index contributed by atoms with van der Waals surface area (Å²) in [7, 11) is 0. The van der Waals surface area contributed by atoms with Gasteiger partial charge in [-0.3, -0.25) is 4.89 Å². The fraction of sp³-hybridized carbons (Fsp3) is 0. The predicted molar refractivity (Wildman–Crippen MR) is 35.7 cm³/mol. The van der Waals surface area contributed by atoms with Gasteiger partial charge in [0, 0.05) is 6.08 Å². The molecule has 0 atom stereocenters. The van der Waals surface area contributed by atoms with E-state index >= 15 is 0 Å². The fourth-order valence-electron chi connectivity index (χ4n) is 0.0373. The molecule has 0 unspecified atom stereocenters. The molecule has 0 radical (unpaired) electrons. The summed E-state index contributed by atoms with van der Waals surface area (Å²) in [6.45, 7) is 3.00. The molecular weight excluding hydrogens is 168 g/mol. The molecular formula is C5H6N2O5. The predicted octanol–water partition coefficient (Wildman–Crippen LogP) is -0.00946. The van der Waals surface area contributed by atoms with E-state index in [2.05, 4.69) is 11.5 Å². The quantitative estimate of drug-likeness (QED) is 0.169. The van der Waals surface area contributed by atoms with Crippen molar-refractivity contribution in [2.75, 3.05) is 0 Å². The van der Waals surface area contributed by atoms with Crippen LogP contribution in [0.5, 0.6) is 0 Å². The Morgan fingerprint density at radius 3 is 1.67 bits per heavy atom. The van der Waals surface area contributed by atoms with Crippen LogP contribution in [0.15, 0.2) is 12.7 Å². The van der Waals surface area contributed by atoms with Gasteiger partial charge in [0.05, 0.1) is 0 Å². The summed E-state index contributed by atoms with van der Waals surface area (Å²) in [6.07, 6.45) is 2.36. The van der Waals surface area contributed by atoms with E-state index in [1.807, 2.05) is 0 Å². The van der Waals surface area contributed by atoms with Gasteiger partial charge >= 0.3 is 5.97 Å². The second kappa shape index (κ2) is 23.1. The first-order valence-corrected chi connectivity index (χ1v) is 2.20. The maximum atomic E-state index is 9.59. The summed E-state index contributed by atoms with van der Waals surface area (Å²) in [5.74, 6) is -0.838. The maximum absolute atomic E-state index is 9.59. The molecule has 0 bridgehead atoms. The minimum Gasteiger partial charge on any atom is -0.296 e. The van der Waals surface area contributed by atoms with Crippen molar-refractivity contribution in [3.05, 3.63) is 12.7 Å². The van der Waals surface area contributed by atoms with E-state index in [-0.39, 0.29) is 0 Å². The van der Waals surface area contributed by atoms with Crippen LogP contribution in [-0.4, -0.2) is 23.4 Å². The molecule has 0 saturated carbocycles. The van der Waals surface area contributed by atoms with Gasteiger partial charge in [-0.25, -0.2) is 25.2 Å². The van der Waals surface area contributed by atoms with Crippen molar-refractivity contribution in [2.24, 2.45) is 0 Å². The molecule has 3 N–H and O–H groups in total. The Hall–Kier alpha value is -2.07. The van der Waals surface area contributed by atoms with Gasteiger partial charge in [-0.15, -0.1) is 0 Å². The van der Waals surface area contributed by atoms with Gasteiger partial charge < -0.3 is 0 Å². The van der Waals surface area contributed by atoms with Crippen molar-refractivity contribution in [1.29, 1.82) is 10.8 Å². The minimum absolute atomic E-state index is 0.750. The Kier molecular flexibility index (Phi) is 31.7. The molecule has 0 aliphatic heterocycles.